The molecule has 1 saturated carbocycles. The largest absolute Gasteiger partial charge is 0.324 e. The molecule has 10 heavy (non-hydrogen) atoms. The van der Waals surface area contributed by atoms with Crippen LogP contribution in [0.1, 0.15) is 25.7 Å². The Balaban J connectivity index is 2.10. The number of nitrogens with two attached hydrogens (primary N) is 1. The minimum Gasteiger partial charge on any atom is -0.324 e. The topological polar surface area (TPSA) is 38.0 Å². The van der Waals surface area contributed by atoms with E-state index in [-0.39, 0.29) is 5.54 Å². The molecule has 0 spiro atoms. The van der Waals surface area contributed by atoms with Gasteiger partial charge < -0.3 is 11.1 Å². The first-order chi connectivity index (χ1) is 4.81. The molecule has 2 atom stereocenters. The van der Waals surface area contributed by atoms with E-state index in [1.807, 2.05) is 0 Å². The molecule has 2 heteroatoms. The first-order valence-electron chi connectivity index (χ1n) is 4.31. The number of hydrogen-bond donors (Lipinski definition) is 2. The Morgan fingerprint density at radius 3 is 3.10 bits per heavy atom. The molecule has 2 rings (SSSR count). The molecule has 1 saturated heterocycles. The van der Waals surface area contributed by atoms with Crippen molar-refractivity contribution < 1.29 is 0 Å². The van der Waals surface area contributed by atoms with E-state index in [4.69, 9.17) is 5.73 Å². The van der Waals surface area contributed by atoms with E-state index < -0.39 is 0 Å². The Kier molecular flexibility index (Phi) is 1.46. The molecular weight excluding hydrogens is 124 g/mol. The summed E-state index contributed by atoms with van der Waals surface area (Å²) in [5.41, 5.74) is 6.38. The molecule has 0 aromatic rings. The summed E-state index contributed by atoms with van der Waals surface area (Å²) in [4.78, 5) is 0. The fraction of sp³-hybridized carbons (Fsp3) is 1.00. The number of nitrogens with one attached hydrogen (secondary N) is 1. The average Bonchev–Trinajstić information content (AvgIpc) is 2.29. The van der Waals surface area contributed by atoms with Crippen molar-refractivity contribution in [2.75, 3.05) is 13.1 Å². The van der Waals surface area contributed by atoms with Crippen LogP contribution >= 0.6 is 0 Å². The smallest absolute Gasteiger partial charge is 0.0321 e. The summed E-state index contributed by atoms with van der Waals surface area (Å²) in [6, 6.07) is 0. The van der Waals surface area contributed by atoms with E-state index >= 15 is 0 Å². The molecule has 0 unspecified atom stereocenters. The van der Waals surface area contributed by atoms with Crippen LogP contribution in [0.3, 0.4) is 0 Å². The van der Waals surface area contributed by atoms with Crippen LogP contribution in [-0.4, -0.2) is 18.6 Å². The second-order valence-electron chi connectivity index (χ2n) is 3.81. The predicted molar refractivity (Wildman–Crippen MR) is 41.7 cm³/mol. The van der Waals surface area contributed by atoms with Gasteiger partial charge in [0.25, 0.3) is 0 Å². The maximum Gasteiger partial charge on any atom is 0.0321 e. The molecule has 2 fully saturated rings. The van der Waals surface area contributed by atoms with Gasteiger partial charge >= 0.3 is 0 Å². The molecular formula is C8H16N2. The summed E-state index contributed by atoms with van der Waals surface area (Å²) < 4.78 is 0. The molecule has 1 aliphatic carbocycles. The molecule has 2 aliphatic rings. The molecule has 0 amide bonds. The second-order valence-corrected chi connectivity index (χ2v) is 3.81. The van der Waals surface area contributed by atoms with Crippen molar-refractivity contribution >= 4 is 0 Å². The van der Waals surface area contributed by atoms with Gasteiger partial charge in [-0.2, -0.15) is 0 Å². The Bertz CT molecular complexity index is 135. The first kappa shape index (κ1) is 6.62. The van der Waals surface area contributed by atoms with Gasteiger partial charge in [0.2, 0.25) is 0 Å². The molecule has 0 bridgehead atoms. The monoisotopic (exact) mass is 140 g/mol. The van der Waals surface area contributed by atoms with Crippen LogP contribution in [0.2, 0.25) is 0 Å². The molecule has 0 aromatic heterocycles. The Morgan fingerprint density at radius 2 is 2.30 bits per heavy atom. The first-order valence-corrected chi connectivity index (χ1v) is 4.31. The van der Waals surface area contributed by atoms with Crippen molar-refractivity contribution in [2.24, 2.45) is 11.7 Å². The summed E-state index contributed by atoms with van der Waals surface area (Å²) >= 11 is 0. The minimum absolute atomic E-state index is 0.179. The van der Waals surface area contributed by atoms with Crippen LogP contribution in [-0.2, 0) is 0 Å². The highest BCUT2D eigenvalue weighted by atomic mass is 15.0. The lowest BCUT2D eigenvalue weighted by Gasteiger charge is -2.34. The standard InChI is InChI=1S/C8H16N2/c9-8-4-2-1-3-7(8)5-10-6-8/h7,10H,1-6,9H2/t7-,8-/m1/s1. The third-order valence-corrected chi connectivity index (χ3v) is 3.10. The Morgan fingerprint density at radius 1 is 1.40 bits per heavy atom. The lowest BCUT2D eigenvalue weighted by Crippen LogP contribution is -2.49. The van der Waals surface area contributed by atoms with E-state index in [1.54, 1.807) is 0 Å². The van der Waals surface area contributed by atoms with Gasteiger partial charge in [-0.1, -0.05) is 12.8 Å². The van der Waals surface area contributed by atoms with Gasteiger partial charge in [-0.15, -0.1) is 0 Å². The maximum atomic E-state index is 6.20. The highest BCUT2D eigenvalue weighted by Gasteiger charge is 2.40. The Labute approximate surface area is 62.2 Å². The minimum atomic E-state index is 0.179. The van der Waals surface area contributed by atoms with Crippen molar-refractivity contribution in [1.82, 2.24) is 5.32 Å². The van der Waals surface area contributed by atoms with Crippen LogP contribution in [0.25, 0.3) is 0 Å². The van der Waals surface area contributed by atoms with Gasteiger partial charge in [-0.3, -0.25) is 0 Å². The van der Waals surface area contributed by atoms with E-state index in [0.29, 0.717) is 0 Å². The average molecular weight is 140 g/mol. The molecule has 1 aliphatic heterocycles. The van der Waals surface area contributed by atoms with E-state index in [1.165, 1.54) is 25.7 Å². The second kappa shape index (κ2) is 2.21. The van der Waals surface area contributed by atoms with E-state index in [9.17, 15) is 0 Å². The van der Waals surface area contributed by atoms with Gasteiger partial charge in [-0.05, 0) is 25.3 Å². The van der Waals surface area contributed by atoms with Gasteiger partial charge in [0, 0.05) is 12.1 Å². The lowest BCUT2D eigenvalue weighted by atomic mass is 9.76. The highest BCUT2D eigenvalue weighted by Crippen LogP contribution is 2.33. The zero-order valence-electron chi connectivity index (χ0n) is 6.40. The van der Waals surface area contributed by atoms with Crippen molar-refractivity contribution in [3.8, 4) is 0 Å². The molecule has 0 radical (unpaired) electrons. The van der Waals surface area contributed by atoms with Crippen LogP contribution in [0.15, 0.2) is 0 Å². The van der Waals surface area contributed by atoms with Crippen LogP contribution in [0.5, 0.6) is 0 Å². The van der Waals surface area contributed by atoms with Crippen molar-refractivity contribution in [3.63, 3.8) is 0 Å². The zero-order valence-corrected chi connectivity index (χ0v) is 6.40. The van der Waals surface area contributed by atoms with Crippen molar-refractivity contribution in [2.45, 2.75) is 31.2 Å². The van der Waals surface area contributed by atoms with Gasteiger partial charge in [0.1, 0.15) is 0 Å². The predicted octanol–water partition coefficient (Wildman–Crippen LogP) is 0.477. The SMILES string of the molecule is N[C@@]12CCCC[C@@H]1CNC2. The molecule has 58 valence electrons. The van der Waals surface area contributed by atoms with Crippen molar-refractivity contribution in [1.29, 1.82) is 0 Å². The normalized spacial score (nSPS) is 47.1. The van der Waals surface area contributed by atoms with E-state index in [0.717, 1.165) is 19.0 Å². The molecule has 1 heterocycles. The summed E-state index contributed by atoms with van der Waals surface area (Å²) in [6.45, 7) is 2.22. The number of hydrogen-bond acceptors (Lipinski definition) is 2. The van der Waals surface area contributed by atoms with E-state index in [2.05, 4.69) is 5.32 Å². The lowest BCUT2D eigenvalue weighted by molar-refractivity contribution is 0.247. The van der Waals surface area contributed by atoms with Crippen molar-refractivity contribution in [3.05, 3.63) is 0 Å². The summed E-state index contributed by atoms with van der Waals surface area (Å²) in [5.74, 6) is 0.779. The third kappa shape index (κ3) is 0.867. The van der Waals surface area contributed by atoms with Crippen LogP contribution in [0, 0.1) is 5.92 Å². The molecule has 3 N–H and O–H groups in total. The summed E-state index contributed by atoms with van der Waals surface area (Å²) in [7, 11) is 0. The highest BCUT2D eigenvalue weighted by molar-refractivity contribution is 5.01. The Hall–Kier alpha value is -0.0800. The van der Waals surface area contributed by atoms with Crippen LogP contribution in [0.4, 0.5) is 0 Å². The third-order valence-electron chi connectivity index (χ3n) is 3.10. The maximum absolute atomic E-state index is 6.20. The fourth-order valence-electron chi connectivity index (χ4n) is 2.35. The van der Waals surface area contributed by atoms with Gasteiger partial charge in [-0.25, -0.2) is 0 Å². The zero-order chi connectivity index (χ0) is 7.03. The summed E-state index contributed by atoms with van der Waals surface area (Å²) in [5, 5.41) is 3.38. The van der Waals surface area contributed by atoms with Crippen LogP contribution < -0.4 is 11.1 Å². The number of fused-ring (bicyclic) bond motifs is 1. The molecule has 0 aromatic carbocycles. The fourth-order valence-corrected chi connectivity index (χ4v) is 2.35. The quantitative estimate of drug-likeness (QED) is 0.513. The van der Waals surface area contributed by atoms with Gasteiger partial charge in [0.05, 0.1) is 0 Å². The number of rotatable bonds is 0. The molecule has 2 nitrogen and oxygen atoms in total. The van der Waals surface area contributed by atoms with Gasteiger partial charge in [0.15, 0.2) is 0 Å². The summed E-state index contributed by atoms with van der Waals surface area (Å²) in [6.07, 6.45) is 5.33.